The summed E-state index contributed by atoms with van der Waals surface area (Å²) in [5.41, 5.74) is 0.959. The molecule has 4 heteroatoms. The third-order valence-corrected chi connectivity index (χ3v) is 2.10. The smallest absolute Gasteiger partial charge is 0.241 e. The van der Waals surface area contributed by atoms with Crippen molar-refractivity contribution < 1.29 is 4.79 Å². The Morgan fingerprint density at radius 2 is 2.45 bits per heavy atom. The summed E-state index contributed by atoms with van der Waals surface area (Å²) in [6.07, 6.45) is 3.44. The fraction of sp³-hybridized carbons (Fsp3) is 0.286. The molecule has 0 unspecified atom stereocenters. The van der Waals surface area contributed by atoms with E-state index in [0.717, 1.165) is 5.56 Å². The zero-order valence-corrected chi connectivity index (χ0v) is 8.10. The monoisotopic (exact) mass is 235 g/mol. The highest BCUT2D eigenvalue weighted by atomic mass is 79.9. The van der Waals surface area contributed by atoms with E-state index in [1.165, 1.54) is 4.57 Å². The Kier molecular flexibility index (Phi) is 3.15. The predicted molar refractivity (Wildman–Crippen MR) is 48.4 cm³/mol. The first-order chi connectivity index (χ1) is 5.27. The van der Waals surface area contributed by atoms with E-state index in [2.05, 4.69) is 15.9 Å². The van der Waals surface area contributed by atoms with Gasteiger partial charge >= 0.3 is 0 Å². The van der Waals surface area contributed by atoms with Crippen LogP contribution < -0.4 is 0 Å². The Morgan fingerprint density at radius 3 is 2.91 bits per heavy atom. The van der Waals surface area contributed by atoms with E-state index in [0.29, 0.717) is 11.2 Å². The molecule has 0 spiro atoms. The number of alkyl halides is 2. The molecule has 2 nitrogen and oxygen atoms in total. The summed E-state index contributed by atoms with van der Waals surface area (Å²) in [5.74, 6) is 0.462. The first kappa shape index (κ1) is 8.81. The topological polar surface area (TPSA) is 22.0 Å². The second-order valence-corrected chi connectivity index (χ2v) is 2.92. The maximum Gasteiger partial charge on any atom is 0.241 e. The molecule has 60 valence electrons. The minimum Gasteiger partial charge on any atom is -0.294 e. The van der Waals surface area contributed by atoms with E-state index in [9.17, 15) is 4.79 Å². The SMILES string of the molecule is O=C(CBr)n1ccc(CCl)c1. The van der Waals surface area contributed by atoms with E-state index >= 15 is 0 Å². The van der Waals surface area contributed by atoms with Crippen molar-refractivity contribution in [3.63, 3.8) is 0 Å². The predicted octanol–water partition coefficient (Wildman–Crippen LogP) is 2.26. The number of rotatable bonds is 2. The lowest BCUT2D eigenvalue weighted by Gasteiger charge is -1.94. The van der Waals surface area contributed by atoms with Crippen LogP contribution in [0.15, 0.2) is 18.5 Å². The maximum absolute atomic E-state index is 11.0. The number of hydrogen-bond acceptors (Lipinski definition) is 1. The van der Waals surface area contributed by atoms with Crippen LogP contribution in [0.2, 0.25) is 0 Å². The van der Waals surface area contributed by atoms with E-state index in [-0.39, 0.29) is 5.91 Å². The minimum absolute atomic E-state index is 0.0152. The van der Waals surface area contributed by atoms with E-state index < -0.39 is 0 Å². The molecule has 0 aliphatic carbocycles. The van der Waals surface area contributed by atoms with E-state index in [1.807, 2.05) is 6.07 Å². The number of hydrogen-bond donors (Lipinski definition) is 0. The molecule has 0 aliphatic rings. The molecule has 0 atom stereocenters. The minimum atomic E-state index is 0.0152. The molecular formula is C7H7BrClNO. The van der Waals surface area contributed by atoms with Gasteiger partial charge in [0.15, 0.2) is 0 Å². The summed E-state index contributed by atoms with van der Waals surface area (Å²) in [4.78, 5) is 11.0. The largest absolute Gasteiger partial charge is 0.294 e. The summed E-state index contributed by atoms with van der Waals surface area (Å²) < 4.78 is 1.52. The zero-order valence-electron chi connectivity index (χ0n) is 5.76. The van der Waals surface area contributed by atoms with Crippen LogP contribution in [0, 0.1) is 0 Å². The molecule has 0 fully saturated rings. The number of aromatic nitrogens is 1. The van der Waals surface area contributed by atoms with Gasteiger partial charge in [0.05, 0.1) is 5.33 Å². The van der Waals surface area contributed by atoms with Gasteiger partial charge in [0, 0.05) is 18.3 Å². The molecular weight excluding hydrogens is 229 g/mol. The molecule has 0 aliphatic heterocycles. The Balaban J connectivity index is 2.80. The van der Waals surface area contributed by atoms with Gasteiger partial charge in [-0.15, -0.1) is 11.6 Å². The van der Waals surface area contributed by atoms with Crippen LogP contribution in [-0.4, -0.2) is 15.8 Å². The Morgan fingerprint density at radius 1 is 1.73 bits per heavy atom. The first-order valence-electron chi connectivity index (χ1n) is 3.10. The quantitative estimate of drug-likeness (QED) is 0.722. The molecule has 0 saturated carbocycles. The van der Waals surface area contributed by atoms with Gasteiger partial charge in [0.25, 0.3) is 0 Å². The number of carbonyl (C=O) groups is 1. The lowest BCUT2D eigenvalue weighted by Crippen LogP contribution is -2.08. The average molecular weight is 236 g/mol. The third kappa shape index (κ3) is 2.07. The van der Waals surface area contributed by atoms with Crippen molar-refractivity contribution in [2.45, 2.75) is 5.88 Å². The fourth-order valence-corrected chi connectivity index (χ4v) is 1.19. The van der Waals surface area contributed by atoms with Gasteiger partial charge in [-0.1, -0.05) is 15.9 Å². The van der Waals surface area contributed by atoms with Crippen molar-refractivity contribution in [3.05, 3.63) is 24.0 Å². The zero-order chi connectivity index (χ0) is 8.27. The first-order valence-corrected chi connectivity index (χ1v) is 4.75. The van der Waals surface area contributed by atoms with Crippen LogP contribution in [0.4, 0.5) is 0 Å². The molecule has 0 radical (unpaired) electrons. The second kappa shape index (κ2) is 3.93. The van der Waals surface area contributed by atoms with Crippen LogP contribution in [0.5, 0.6) is 0 Å². The summed E-state index contributed by atoms with van der Waals surface area (Å²) >= 11 is 8.63. The second-order valence-electron chi connectivity index (χ2n) is 2.09. The molecule has 0 bridgehead atoms. The van der Waals surface area contributed by atoms with Gasteiger partial charge in [-0.05, 0) is 11.6 Å². The van der Waals surface area contributed by atoms with Crippen molar-refractivity contribution in [1.82, 2.24) is 4.57 Å². The van der Waals surface area contributed by atoms with Crippen LogP contribution in [0.25, 0.3) is 0 Å². The number of nitrogens with zero attached hydrogens (tertiary/aromatic N) is 1. The van der Waals surface area contributed by atoms with Crippen molar-refractivity contribution in [2.75, 3.05) is 5.33 Å². The molecule has 1 aromatic rings. The van der Waals surface area contributed by atoms with Crippen LogP contribution >= 0.6 is 27.5 Å². The maximum atomic E-state index is 11.0. The standard InChI is InChI=1S/C7H7BrClNO/c8-3-7(11)10-2-1-6(4-9)5-10/h1-2,5H,3-4H2. The van der Waals surface area contributed by atoms with Gasteiger partial charge < -0.3 is 0 Å². The summed E-state index contributed by atoms with van der Waals surface area (Å²) in [5, 5.41) is 0.337. The van der Waals surface area contributed by atoms with Gasteiger partial charge in [-0.2, -0.15) is 0 Å². The van der Waals surface area contributed by atoms with Gasteiger partial charge in [0.1, 0.15) is 0 Å². The fourth-order valence-electron chi connectivity index (χ4n) is 0.744. The lowest BCUT2D eigenvalue weighted by atomic mass is 10.4. The molecule has 1 aromatic heterocycles. The highest BCUT2D eigenvalue weighted by Gasteiger charge is 2.01. The van der Waals surface area contributed by atoms with E-state index in [4.69, 9.17) is 11.6 Å². The normalized spacial score (nSPS) is 10.0. The van der Waals surface area contributed by atoms with Crippen LogP contribution in [-0.2, 0) is 5.88 Å². The van der Waals surface area contributed by atoms with Crippen molar-refractivity contribution in [1.29, 1.82) is 0 Å². The van der Waals surface area contributed by atoms with Crippen molar-refractivity contribution in [2.24, 2.45) is 0 Å². The van der Waals surface area contributed by atoms with Gasteiger partial charge in [-0.25, -0.2) is 0 Å². The Hall–Kier alpha value is -0.280. The van der Waals surface area contributed by atoms with Crippen LogP contribution in [0.3, 0.4) is 0 Å². The third-order valence-electron chi connectivity index (χ3n) is 1.31. The van der Waals surface area contributed by atoms with Crippen molar-refractivity contribution >= 4 is 33.4 Å². The molecule has 1 heterocycles. The summed E-state index contributed by atoms with van der Waals surface area (Å²) in [7, 11) is 0. The lowest BCUT2D eigenvalue weighted by molar-refractivity contribution is 0.0943. The molecule has 0 saturated heterocycles. The van der Waals surface area contributed by atoms with Crippen molar-refractivity contribution in [3.8, 4) is 0 Å². The van der Waals surface area contributed by atoms with Gasteiger partial charge in [-0.3, -0.25) is 9.36 Å². The molecule has 11 heavy (non-hydrogen) atoms. The molecule has 0 amide bonds. The number of carbonyl (C=O) groups excluding carboxylic acids is 1. The average Bonchev–Trinajstić information content (AvgIpc) is 2.50. The Labute approximate surface area is 78.3 Å². The van der Waals surface area contributed by atoms with Crippen LogP contribution in [0.1, 0.15) is 10.4 Å². The highest BCUT2D eigenvalue weighted by Crippen LogP contribution is 2.04. The summed E-state index contributed by atoms with van der Waals surface area (Å²) in [6, 6.07) is 1.83. The van der Waals surface area contributed by atoms with Gasteiger partial charge in [0.2, 0.25) is 5.91 Å². The molecule has 0 N–H and O–H groups in total. The molecule has 1 rings (SSSR count). The highest BCUT2D eigenvalue weighted by molar-refractivity contribution is 9.09. The Bertz CT molecular complexity index is 259. The van der Waals surface area contributed by atoms with E-state index in [1.54, 1.807) is 12.4 Å². The summed E-state index contributed by atoms with van der Waals surface area (Å²) in [6.45, 7) is 0. The molecule has 0 aromatic carbocycles. The number of halogens is 2.